The van der Waals surface area contributed by atoms with Crippen molar-refractivity contribution in [3.05, 3.63) is 52.5 Å². The number of furan rings is 1. The summed E-state index contributed by atoms with van der Waals surface area (Å²) in [7, 11) is 1.63. The van der Waals surface area contributed by atoms with Crippen LogP contribution in [0.5, 0.6) is 5.75 Å². The van der Waals surface area contributed by atoms with Crippen LogP contribution in [0.4, 0.5) is 0 Å². The molecular formula is C18H16BrN3O4. The van der Waals surface area contributed by atoms with Crippen LogP contribution in [0, 0.1) is 0 Å². The van der Waals surface area contributed by atoms with Gasteiger partial charge in [-0.15, -0.1) is 0 Å². The van der Waals surface area contributed by atoms with Gasteiger partial charge in [0.2, 0.25) is 5.91 Å². The smallest absolute Gasteiger partial charge is 0.293 e. The molecular weight excluding hydrogens is 402 g/mol. The number of carbonyl (C=O) groups excluding carboxylic acids is 1. The Bertz CT molecular complexity index is 919. The van der Waals surface area contributed by atoms with Crippen molar-refractivity contribution >= 4 is 21.8 Å². The van der Waals surface area contributed by atoms with E-state index >= 15 is 0 Å². The highest BCUT2D eigenvalue weighted by atomic mass is 79.9. The van der Waals surface area contributed by atoms with Gasteiger partial charge in [-0.1, -0.05) is 17.3 Å². The van der Waals surface area contributed by atoms with Gasteiger partial charge in [0.05, 0.1) is 7.11 Å². The molecule has 2 aromatic heterocycles. The summed E-state index contributed by atoms with van der Waals surface area (Å²) in [6, 6.07) is 11.2. The Kier molecular flexibility index (Phi) is 4.50. The van der Waals surface area contributed by atoms with Gasteiger partial charge in [-0.3, -0.25) is 4.79 Å². The Morgan fingerprint density at radius 2 is 2.08 bits per heavy atom. The molecule has 0 N–H and O–H groups in total. The fourth-order valence-corrected chi connectivity index (χ4v) is 3.29. The molecule has 0 saturated carbocycles. The molecule has 1 aliphatic heterocycles. The molecule has 0 spiro atoms. The number of halogens is 1. The summed E-state index contributed by atoms with van der Waals surface area (Å²) in [5.41, 5.74) is 1.05. The summed E-state index contributed by atoms with van der Waals surface area (Å²) >= 11 is 3.24. The van der Waals surface area contributed by atoms with Crippen LogP contribution in [0.15, 0.2) is 50.0 Å². The fraction of sp³-hybridized carbons (Fsp3) is 0.278. The Labute approximate surface area is 158 Å². The van der Waals surface area contributed by atoms with E-state index in [0.717, 1.165) is 11.3 Å². The molecule has 0 aliphatic carbocycles. The fourth-order valence-electron chi connectivity index (χ4n) is 2.98. The van der Waals surface area contributed by atoms with Crippen molar-refractivity contribution in [2.75, 3.05) is 13.7 Å². The van der Waals surface area contributed by atoms with Crippen LogP contribution >= 0.6 is 15.9 Å². The van der Waals surface area contributed by atoms with E-state index in [4.69, 9.17) is 13.7 Å². The third kappa shape index (κ3) is 3.37. The standard InChI is InChI=1S/C18H16BrN3O4/c1-24-13-4-2-11(3-5-13)9-22-10-12(8-16(22)23)17-20-18(26-21-17)14-6-7-15(19)25-14/h2-7,12H,8-10H2,1H3. The lowest BCUT2D eigenvalue weighted by molar-refractivity contribution is -0.128. The molecule has 8 heteroatoms. The summed E-state index contributed by atoms with van der Waals surface area (Å²) in [5.74, 6) is 2.12. The first-order valence-electron chi connectivity index (χ1n) is 8.12. The van der Waals surface area contributed by atoms with Crippen LogP contribution in [0.2, 0.25) is 0 Å². The summed E-state index contributed by atoms with van der Waals surface area (Å²) in [6.07, 6.45) is 0.372. The second kappa shape index (κ2) is 6.95. The Morgan fingerprint density at radius 1 is 1.27 bits per heavy atom. The van der Waals surface area contributed by atoms with Gasteiger partial charge in [0, 0.05) is 25.4 Å². The molecule has 3 heterocycles. The second-order valence-corrected chi connectivity index (χ2v) is 6.87. The second-order valence-electron chi connectivity index (χ2n) is 6.08. The first kappa shape index (κ1) is 16.8. The molecule has 1 atom stereocenters. The number of hydrogen-bond acceptors (Lipinski definition) is 6. The van der Waals surface area contributed by atoms with Gasteiger partial charge in [0.1, 0.15) is 5.75 Å². The molecule has 26 heavy (non-hydrogen) atoms. The maximum absolute atomic E-state index is 12.4. The Balaban J connectivity index is 1.45. The highest BCUT2D eigenvalue weighted by molar-refractivity contribution is 9.10. The number of methoxy groups -OCH3 is 1. The van der Waals surface area contributed by atoms with E-state index in [2.05, 4.69) is 26.1 Å². The Morgan fingerprint density at radius 3 is 2.77 bits per heavy atom. The normalized spacial score (nSPS) is 17.1. The zero-order valence-corrected chi connectivity index (χ0v) is 15.6. The number of ether oxygens (including phenoxy) is 1. The lowest BCUT2D eigenvalue weighted by Gasteiger charge is -2.16. The first-order chi connectivity index (χ1) is 12.6. The maximum Gasteiger partial charge on any atom is 0.293 e. The highest BCUT2D eigenvalue weighted by Crippen LogP contribution is 2.30. The van der Waals surface area contributed by atoms with Crippen molar-refractivity contribution in [2.45, 2.75) is 18.9 Å². The minimum atomic E-state index is -0.0864. The van der Waals surface area contributed by atoms with Crippen molar-refractivity contribution in [3.8, 4) is 17.4 Å². The average molecular weight is 418 g/mol. The van der Waals surface area contributed by atoms with Crippen LogP contribution in [-0.4, -0.2) is 34.6 Å². The van der Waals surface area contributed by atoms with Gasteiger partial charge in [-0.2, -0.15) is 4.98 Å². The quantitative estimate of drug-likeness (QED) is 0.630. The zero-order chi connectivity index (χ0) is 18.1. The Hall–Kier alpha value is -2.61. The topological polar surface area (TPSA) is 81.6 Å². The lowest BCUT2D eigenvalue weighted by Crippen LogP contribution is -2.24. The van der Waals surface area contributed by atoms with E-state index in [1.54, 1.807) is 19.2 Å². The number of carbonyl (C=O) groups is 1. The molecule has 1 amide bonds. The van der Waals surface area contributed by atoms with E-state index in [-0.39, 0.29) is 11.8 Å². The van der Waals surface area contributed by atoms with Crippen molar-refractivity contribution in [2.24, 2.45) is 0 Å². The van der Waals surface area contributed by atoms with Crippen molar-refractivity contribution in [1.29, 1.82) is 0 Å². The predicted octanol–water partition coefficient (Wildman–Crippen LogP) is 3.62. The minimum Gasteiger partial charge on any atom is -0.497 e. The van der Waals surface area contributed by atoms with E-state index in [0.29, 0.717) is 41.7 Å². The number of amides is 1. The molecule has 7 nitrogen and oxygen atoms in total. The van der Waals surface area contributed by atoms with Crippen molar-refractivity contribution in [3.63, 3.8) is 0 Å². The largest absolute Gasteiger partial charge is 0.497 e. The van der Waals surface area contributed by atoms with Gasteiger partial charge in [0.15, 0.2) is 16.3 Å². The number of benzene rings is 1. The van der Waals surface area contributed by atoms with E-state index in [1.807, 2.05) is 29.2 Å². The number of rotatable bonds is 5. The zero-order valence-electron chi connectivity index (χ0n) is 14.0. The monoisotopic (exact) mass is 417 g/mol. The molecule has 1 aromatic carbocycles. The molecule has 1 saturated heterocycles. The molecule has 1 fully saturated rings. The van der Waals surface area contributed by atoms with Gasteiger partial charge in [-0.25, -0.2) is 0 Å². The molecule has 3 aromatic rings. The minimum absolute atomic E-state index is 0.0814. The number of likely N-dealkylation sites (tertiary alicyclic amines) is 1. The van der Waals surface area contributed by atoms with Crippen LogP contribution < -0.4 is 4.74 Å². The van der Waals surface area contributed by atoms with Gasteiger partial charge in [-0.05, 0) is 45.8 Å². The summed E-state index contributed by atoms with van der Waals surface area (Å²) in [6.45, 7) is 1.11. The first-order valence-corrected chi connectivity index (χ1v) is 8.91. The number of aromatic nitrogens is 2. The van der Waals surface area contributed by atoms with E-state index in [1.165, 1.54) is 0 Å². The summed E-state index contributed by atoms with van der Waals surface area (Å²) in [5, 5.41) is 4.03. The van der Waals surface area contributed by atoms with E-state index in [9.17, 15) is 4.79 Å². The van der Waals surface area contributed by atoms with Crippen molar-refractivity contribution < 1.29 is 18.5 Å². The average Bonchev–Trinajstić information content (AvgIpc) is 3.36. The molecule has 1 aliphatic rings. The highest BCUT2D eigenvalue weighted by Gasteiger charge is 2.34. The van der Waals surface area contributed by atoms with Crippen molar-refractivity contribution in [1.82, 2.24) is 15.0 Å². The van der Waals surface area contributed by atoms with Crippen LogP contribution in [-0.2, 0) is 11.3 Å². The molecule has 1 unspecified atom stereocenters. The number of nitrogens with zero attached hydrogens (tertiary/aromatic N) is 3. The molecule has 0 bridgehead atoms. The molecule has 134 valence electrons. The summed E-state index contributed by atoms with van der Waals surface area (Å²) in [4.78, 5) is 18.6. The van der Waals surface area contributed by atoms with Gasteiger partial charge in [0.25, 0.3) is 5.89 Å². The molecule has 4 rings (SSSR count). The van der Waals surface area contributed by atoms with E-state index < -0.39 is 0 Å². The third-order valence-corrected chi connectivity index (χ3v) is 4.76. The van der Waals surface area contributed by atoms with Crippen LogP contribution in [0.1, 0.15) is 23.7 Å². The lowest BCUT2D eigenvalue weighted by atomic mass is 10.1. The predicted molar refractivity (Wildman–Crippen MR) is 95.5 cm³/mol. The number of hydrogen-bond donors (Lipinski definition) is 0. The van der Waals surface area contributed by atoms with Gasteiger partial charge < -0.3 is 18.6 Å². The SMILES string of the molecule is COc1ccc(CN2CC(c3noc(-c4ccc(Br)o4)n3)CC2=O)cc1. The molecule has 0 radical (unpaired) electrons. The van der Waals surface area contributed by atoms with Gasteiger partial charge >= 0.3 is 0 Å². The summed E-state index contributed by atoms with van der Waals surface area (Å²) < 4.78 is 16.4. The van der Waals surface area contributed by atoms with Crippen LogP contribution in [0.25, 0.3) is 11.7 Å². The maximum atomic E-state index is 12.4. The van der Waals surface area contributed by atoms with Crippen LogP contribution in [0.3, 0.4) is 0 Å². The third-order valence-electron chi connectivity index (χ3n) is 4.34.